The third-order valence-electron chi connectivity index (χ3n) is 1.68. The molecular weight excluding hydrogens is 162 g/mol. The Labute approximate surface area is 71.2 Å². The highest BCUT2D eigenvalue weighted by Crippen LogP contribution is 2.28. The molecule has 0 aliphatic rings. The van der Waals surface area contributed by atoms with Gasteiger partial charge in [0.1, 0.15) is 10.8 Å². The summed E-state index contributed by atoms with van der Waals surface area (Å²) in [6.07, 6.45) is 1.60. The summed E-state index contributed by atoms with van der Waals surface area (Å²) in [4.78, 5) is 4.07. The van der Waals surface area contributed by atoms with Gasteiger partial charge in [0.15, 0.2) is 0 Å². The number of methoxy groups -OCH3 is 1. The zero-order valence-electron chi connectivity index (χ0n) is 6.81. The van der Waals surface area contributed by atoms with Gasteiger partial charge in [-0.3, -0.25) is 4.98 Å². The molecule has 1 aromatic rings. The van der Waals surface area contributed by atoms with Crippen molar-refractivity contribution in [1.82, 2.24) is 4.98 Å². The molecule has 11 heavy (non-hydrogen) atoms. The summed E-state index contributed by atoms with van der Waals surface area (Å²) < 4.78 is 5.08. The van der Waals surface area contributed by atoms with Crippen LogP contribution in [0.2, 0.25) is 5.02 Å². The van der Waals surface area contributed by atoms with Crippen LogP contribution < -0.4 is 4.74 Å². The van der Waals surface area contributed by atoms with Crippen molar-refractivity contribution in [2.45, 2.75) is 13.8 Å². The summed E-state index contributed by atoms with van der Waals surface area (Å²) in [5, 5.41) is 0.565. The molecule has 0 fully saturated rings. The number of halogens is 1. The topological polar surface area (TPSA) is 22.1 Å². The number of aromatic nitrogens is 1. The maximum atomic E-state index is 5.81. The summed E-state index contributed by atoms with van der Waals surface area (Å²) >= 11 is 5.81. The number of nitrogens with zero attached hydrogens (tertiary/aromatic N) is 1. The summed E-state index contributed by atoms with van der Waals surface area (Å²) in [6.45, 7) is 3.86. The summed E-state index contributed by atoms with van der Waals surface area (Å²) in [5.41, 5.74) is 1.95. The third kappa shape index (κ3) is 1.46. The van der Waals surface area contributed by atoms with Gasteiger partial charge in [-0.05, 0) is 13.8 Å². The van der Waals surface area contributed by atoms with Gasteiger partial charge in [0, 0.05) is 17.5 Å². The maximum absolute atomic E-state index is 5.81. The number of hydrogen-bond donors (Lipinski definition) is 0. The van der Waals surface area contributed by atoms with Crippen LogP contribution in [0, 0.1) is 13.8 Å². The molecule has 0 N–H and O–H groups in total. The lowest BCUT2D eigenvalue weighted by Crippen LogP contribution is -1.93. The average molecular weight is 172 g/mol. The lowest BCUT2D eigenvalue weighted by Gasteiger charge is -2.07. The maximum Gasteiger partial charge on any atom is 0.143 e. The van der Waals surface area contributed by atoms with Crippen LogP contribution in [0.5, 0.6) is 5.75 Å². The van der Waals surface area contributed by atoms with E-state index < -0.39 is 0 Å². The van der Waals surface area contributed by atoms with E-state index in [1.807, 2.05) is 13.8 Å². The minimum absolute atomic E-state index is 0.565. The largest absolute Gasteiger partial charge is 0.495 e. The van der Waals surface area contributed by atoms with Crippen molar-refractivity contribution in [3.05, 3.63) is 22.5 Å². The monoisotopic (exact) mass is 171 g/mol. The molecule has 3 heteroatoms. The van der Waals surface area contributed by atoms with Crippen molar-refractivity contribution in [2.75, 3.05) is 7.11 Å². The standard InChI is InChI=1S/C8H10ClNO/c1-5-6(2)10-4-7(9)8(5)11-3/h4H,1-3H3. The highest BCUT2D eigenvalue weighted by atomic mass is 35.5. The number of pyridine rings is 1. The highest BCUT2D eigenvalue weighted by molar-refractivity contribution is 6.32. The van der Waals surface area contributed by atoms with Crippen molar-refractivity contribution < 1.29 is 4.74 Å². The molecule has 0 saturated carbocycles. The van der Waals surface area contributed by atoms with Gasteiger partial charge in [-0.15, -0.1) is 0 Å². The van der Waals surface area contributed by atoms with E-state index in [2.05, 4.69) is 4.98 Å². The smallest absolute Gasteiger partial charge is 0.143 e. The van der Waals surface area contributed by atoms with Crippen LogP contribution in [-0.4, -0.2) is 12.1 Å². The van der Waals surface area contributed by atoms with Crippen LogP contribution in [0.3, 0.4) is 0 Å². The quantitative estimate of drug-likeness (QED) is 0.647. The first-order chi connectivity index (χ1) is 5.16. The predicted molar refractivity (Wildman–Crippen MR) is 45.3 cm³/mol. The zero-order chi connectivity index (χ0) is 8.43. The van der Waals surface area contributed by atoms with Crippen molar-refractivity contribution in [3.63, 3.8) is 0 Å². The second-order valence-corrected chi connectivity index (χ2v) is 2.76. The first-order valence-corrected chi connectivity index (χ1v) is 3.70. The molecule has 0 amide bonds. The van der Waals surface area contributed by atoms with Gasteiger partial charge in [-0.2, -0.15) is 0 Å². The molecule has 60 valence electrons. The molecule has 0 aliphatic heterocycles. The lowest BCUT2D eigenvalue weighted by molar-refractivity contribution is 0.410. The number of aryl methyl sites for hydroxylation is 1. The van der Waals surface area contributed by atoms with Crippen molar-refractivity contribution in [2.24, 2.45) is 0 Å². The lowest BCUT2D eigenvalue weighted by atomic mass is 10.2. The molecule has 0 spiro atoms. The van der Waals surface area contributed by atoms with Gasteiger partial charge in [0.2, 0.25) is 0 Å². The van der Waals surface area contributed by atoms with Crippen molar-refractivity contribution >= 4 is 11.6 Å². The van der Waals surface area contributed by atoms with Gasteiger partial charge >= 0.3 is 0 Å². The van der Waals surface area contributed by atoms with Gasteiger partial charge in [0.25, 0.3) is 0 Å². The molecule has 0 saturated heterocycles. The first kappa shape index (κ1) is 8.34. The van der Waals surface area contributed by atoms with Crippen LogP contribution in [0.15, 0.2) is 6.20 Å². The molecule has 0 bridgehead atoms. The fraction of sp³-hybridized carbons (Fsp3) is 0.375. The molecule has 1 aromatic heterocycles. The van der Waals surface area contributed by atoms with Gasteiger partial charge < -0.3 is 4.74 Å². The Bertz CT molecular complexity index is 273. The van der Waals surface area contributed by atoms with E-state index in [9.17, 15) is 0 Å². The minimum atomic E-state index is 0.565. The second kappa shape index (κ2) is 3.09. The van der Waals surface area contributed by atoms with Crippen LogP contribution in [0.4, 0.5) is 0 Å². The number of rotatable bonds is 1. The molecular formula is C8H10ClNO. The molecule has 0 aliphatic carbocycles. The molecule has 0 radical (unpaired) electrons. The van der Waals surface area contributed by atoms with Crippen molar-refractivity contribution in [1.29, 1.82) is 0 Å². The van der Waals surface area contributed by atoms with E-state index in [-0.39, 0.29) is 0 Å². The van der Waals surface area contributed by atoms with E-state index in [1.165, 1.54) is 0 Å². The number of hydrogen-bond acceptors (Lipinski definition) is 2. The first-order valence-electron chi connectivity index (χ1n) is 3.32. The molecule has 2 nitrogen and oxygen atoms in total. The predicted octanol–water partition coefficient (Wildman–Crippen LogP) is 2.36. The Kier molecular flexibility index (Phi) is 2.35. The normalized spacial score (nSPS) is 9.82. The molecule has 0 atom stereocenters. The molecule has 1 heterocycles. The van der Waals surface area contributed by atoms with E-state index >= 15 is 0 Å². The van der Waals surface area contributed by atoms with Crippen molar-refractivity contribution in [3.8, 4) is 5.75 Å². The Morgan fingerprint density at radius 2 is 2.09 bits per heavy atom. The summed E-state index contributed by atoms with van der Waals surface area (Å²) in [7, 11) is 1.60. The second-order valence-electron chi connectivity index (χ2n) is 2.35. The SMILES string of the molecule is COc1c(Cl)cnc(C)c1C. The van der Waals surface area contributed by atoms with Gasteiger partial charge in [-0.1, -0.05) is 11.6 Å². The Hall–Kier alpha value is -0.760. The van der Waals surface area contributed by atoms with E-state index in [0.717, 1.165) is 17.0 Å². The van der Waals surface area contributed by atoms with E-state index in [0.29, 0.717) is 5.02 Å². The highest BCUT2D eigenvalue weighted by Gasteiger charge is 2.06. The molecule has 1 rings (SSSR count). The Morgan fingerprint density at radius 3 is 2.55 bits per heavy atom. The number of ether oxygens (including phenoxy) is 1. The third-order valence-corrected chi connectivity index (χ3v) is 1.95. The molecule has 0 unspecified atom stereocenters. The summed E-state index contributed by atoms with van der Waals surface area (Å²) in [5.74, 6) is 0.721. The Morgan fingerprint density at radius 1 is 1.45 bits per heavy atom. The van der Waals surface area contributed by atoms with E-state index in [1.54, 1.807) is 13.3 Å². The van der Waals surface area contributed by atoms with Crippen LogP contribution in [0.1, 0.15) is 11.3 Å². The van der Waals surface area contributed by atoms with Crippen LogP contribution >= 0.6 is 11.6 Å². The fourth-order valence-corrected chi connectivity index (χ4v) is 1.17. The van der Waals surface area contributed by atoms with Crippen LogP contribution in [0.25, 0.3) is 0 Å². The van der Waals surface area contributed by atoms with Gasteiger partial charge in [-0.25, -0.2) is 0 Å². The van der Waals surface area contributed by atoms with Gasteiger partial charge in [0.05, 0.1) is 7.11 Å². The van der Waals surface area contributed by atoms with E-state index in [4.69, 9.17) is 16.3 Å². The Balaban J connectivity index is 3.29. The summed E-state index contributed by atoms with van der Waals surface area (Å²) in [6, 6.07) is 0. The average Bonchev–Trinajstić information content (AvgIpc) is 1.99. The fourth-order valence-electron chi connectivity index (χ4n) is 0.903. The minimum Gasteiger partial charge on any atom is -0.495 e. The van der Waals surface area contributed by atoms with Crippen LogP contribution in [-0.2, 0) is 0 Å². The molecule has 0 aromatic carbocycles. The zero-order valence-corrected chi connectivity index (χ0v) is 7.57.